The number of rotatable bonds is 6. The molecule has 30 heavy (non-hydrogen) atoms. The minimum atomic E-state index is -0.193. The quantitative estimate of drug-likeness (QED) is 0.672. The second kappa shape index (κ2) is 8.65. The highest BCUT2D eigenvalue weighted by Crippen LogP contribution is 2.37. The van der Waals surface area contributed by atoms with Gasteiger partial charge in [0.2, 0.25) is 0 Å². The summed E-state index contributed by atoms with van der Waals surface area (Å²) in [5.74, 6) is 3.21. The molecule has 2 aromatic heterocycles. The zero-order valence-electron chi connectivity index (χ0n) is 17.4. The van der Waals surface area contributed by atoms with Crippen LogP contribution in [0.1, 0.15) is 61.0 Å². The molecule has 1 aliphatic heterocycles. The van der Waals surface area contributed by atoms with Gasteiger partial charge in [0.15, 0.2) is 5.82 Å². The number of hydrazine groups is 1. The van der Waals surface area contributed by atoms with Crippen molar-refractivity contribution in [2.24, 2.45) is 11.8 Å². The van der Waals surface area contributed by atoms with Gasteiger partial charge in [-0.1, -0.05) is 54.8 Å². The first-order chi connectivity index (χ1) is 14.8. The van der Waals surface area contributed by atoms with Gasteiger partial charge in [0.25, 0.3) is 0 Å². The Morgan fingerprint density at radius 3 is 2.70 bits per heavy atom. The summed E-state index contributed by atoms with van der Waals surface area (Å²) in [6.07, 6.45) is 6.58. The molecule has 3 aromatic rings. The van der Waals surface area contributed by atoms with E-state index in [1.54, 1.807) is 0 Å². The predicted molar refractivity (Wildman–Crippen MR) is 111 cm³/mol. The zero-order valence-corrected chi connectivity index (χ0v) is 17.4. The molecule has 1 aliphatic carbocycles. The van der Waals surface area contributed by atoms with Crippen LogP contribution in [0.5, 0.6) is 0 Å². The Balaban J connectivity index is 1.43. The molecule has 3 heterocycles. The second-order valence-electron chi connectivity index (χ2n) is 8.59. The van der Waals surface area contributed by atoms with Crippen LogP contribution in [0.25, 0.3) is 0 Å². The Kier molecular flexibility index (Phi) is 5.59. The molecule has 1 N–H and O–H groups in total. The van der Waals surface area contributed by atoms with E-state index in [-0.39, 0.29) is 6.04 Å². The van der Waals surface area contributed by atoms with E-state index in [1.807, 2.05) is 35.9 Å². The number of hydrogen-bond acceptors (Lipinski definition) is 7. The number of nitrogens with zero attached hydrogens (tertiary/aromatic N) is 6. The molecule has 158 valence electrons. The first-order valence-electron chi connectivity index (χ1n) is 11.0. The first-order valence-corrected chi connectivity index (χ1v) is 11.0. The predicted octanol–water partition coefficient (Wildman–Crippen LogP) is 3.12. The number of aromatic nitrogens is 5. The molecule has 8 heteroatoms. The molecule has 0 spiro atoms. The van der Waals surface area contributed by atoms with E-state index < -0.39 is 0 Å². The summed E-state index contributed by atoms with van der Waals surface area (Å²) < 4.78 is 7.30. The van der Waals surface area contributed by atoms with Crippen molar-refractivity contribution in [1.29, 1.82) is 0 Å². The fourth-order valence-corrected chi connectivity index (χ4v) is 4.70. The minimum absolute atomic E-state index is 0.193. The van der Waals surface area contributed by atoms with Gasteiger partial charge in [-0.25, -0.2) is 9.69 Å². The summed E-state index contributed by atoms with van der Waals surface area (Å²) in [6, 6.07) is 12.1. The lowest BCUT2D eigenvalue weighted by atomic mass is 9.74. The second-order valence-corrected chi connectivity index (χ2v) is 8.59. The number of nitrogens with one attached hydrogen (secondary N) is 1. The van der Waals surface area contributed by atoms with Crippen LogP contribution in [0.2, 0.25) is 0 Å². The highest BCUT2D eigenvalue weighted by molar-refractivity contribution is 5.19. The van der Waals surface area contributed by atoms with Crippen LogP contribution in [-0.4, -0.2) is 43.5 Å². The van der Waals surface area contributed by atoms with Crippen LogP contribution in [0, 0.1) is 18.8 Å². The Labute approximate surface area is 176 Å². The highest BCUT2D eigenvalue weighted by atomic mass is 16.5. The Morgan fingerprint density at radius 2 is 1.97 bits per heavy atom. The summed E-state index contributed by atoms with van der Waals surface area (Å²) in [7, 11) is 0. The van der Waals surface area contributed by atoms with Crippen LogP contribution in [0.3, 0.4) is 0 Å². The van der Waals surface area contributed by atoms with E-state index in [1.165, 1.54) is 25.7 Å². The van der Waals surface area contributed by atoms with Gasteiger partial charge in [0.1, 0.15) is 17.5 Å². The van der Waals surface area contributed by atoms with Crippen molar-refractivity contribution < 1.29 is 4.52 Å². The van der Waals surface area contributed by atoms with Crippen molar-refractivity contribution in [3.05, 3.63) is 59.2 Å². The molecule has 2 aliphatic rings. The number of tetrazole rings is 1. The lowest BCUT2D eigenvalue weighted by molar-refractivity contribution is 0.125. The normalized spacial score (nSPS) is 21.8. The number of benzene rings is 1. The van der Waals surface area contributed by atoms with Crippen LogP contribution in [0.15, 0.2) is 40.9 Å². The number of aryl methyl sites for hydroxylation is 1. The molecular formula is C22H29N7O. The third kappa shape index (κ3) is 4.02. The van der Waals surface area contributed by atoms with E-state index in [0.29, 0.717) is 6.54 Å². The molecule has 0 amide bonds. The molecule has 8 nitrogen and oxygen atoms in total. The van der Waals surface area contributed by atoms with Gasteiger partial charge in [0, 0.05) is 19.2 Å². The van der Waals surface area contributed by atoms with E-state index in [4.69, 9.17) is 4.52 Å². The average Bonchev–Trinajstić information content (AvgIpc) is 3.27. The van der Waals surface area contributed by atoms with Gasteiger partial charge in [-0.05, 0) is 47.6 Å². The summed E-state index contributed by atoms with van der Waals surface area (Å²) in [6.45, 7) is 4.47. The van der Waals surface area contributed by atoms with Gasteiger partial charge < -0.3 is 4.52 Å². The molecule has 1 saturated heterocycles. The van der Waals surface area contributed by atoms with Crippen LogP contribution < -0.4 is 5.43 Å². The Morgan fingerprint density at radius 1 is 1.13 bits per heavy atom. The van der Waals surface area contributed by atoms with Crippen LogP contribution in [0.4, 0.5) is 0 Å². The molecule has 1 aromatic carbocycles. The summed E-state index contributed by atoms with van der Waals surface area (Å²) in [5.41, 5.74) is 5.71. The molecule has 2 atom stereocenters. The van der Waals surface area contributed by atoms with Gasteiger partial charge in [-0.2, -0.15) is 0 Å². The molecule has 0 radical (unpaired) electrons. The van der Waals surface area contributed by atoms with Crippen molar-refractivity contribution in [3.8, 4) is 0 Å². The fraction of sp³-hybridized carbons (Fsp3) is 0.545. The van der Waals surface area contributed by atoms with E-state index in [9.17, 15) is 0 Å². The number of hydrogen-bond donors (Lipinski definition) is 1. The van der Waals surface area contributed by atoms with Crippen molar-refractivity contribution in [2.75, 3.05) is 13.1 Å². The molecule has 1 saturated carbocycles. The maximum Gasteiger partial charge on any atom is 0.176 e. The minimum Gasteiger partial charge on any atom is -0.361 e. The van der Waals surface area contributed by atoms with E-state index in [0.717, 1.165) is 54.2 Å². The van der Waals surface area contributed by atoms with Gasteiger partial charge >= 0.3 is 0 Å². The molecule has 5 rings (SSSR count). The van der Waals surface area contributed by atoms with E-state index in [2.05, 4.69) is 43.2 Å². The average molecular weight is 408 g/mol. The maximum absolute atomic E-state index is 5.43. The van der Waals surface area contributed by atoms with Crippen molar-refractivity contribution in [2.45, 2.75) is 51.6 Å². The van der Waals surface area contributed by atoms with Gasteiger partial charge in [0.05, 0.1) is 6.54 Å². The lowest BCUT2D eigenvalue weighted by Gasteiger charge is -2.34. The topological polar surface area (TPSA) is 84.9 Å². The third-order valence-electron chi connectivity index (χ3n) is 6.56. The molecule has 1 unspecified atom stereocenters. The van der Waals surface area contributed by atoms with E-state index >= 15 is 0 Å². The SMILES string of the molecule is Cc1cc(C(c2nnnn2Cc2ccccc2)N2CCC[C@H](C3CCC3)CN2)no1. The standard InChI is InChI=1S/C22H29N7O/c1-16-13-20(25-30-16)21(28-12-6-11-19(14-23-28)18-9-5-10-18)22-24-26-27-29(22)15-17-7-3-2-4-8-17/h2-4,7-8,13,18-19,21,23H,5-6,9-12,14-15H2,1H3/t19-,21?/m0/s1. The van der Waals surface area contributed by atoms with Crippen LogP contribution >= 0.6 is 0 Å². The van der Waals surface area contributed by atoms with Gasteiger partial charge in [-0.3, -0.25) is 5.43 Å². The monoisotopic (exact) mass is 407 g/mol. The largest absolute Gasteiger partial charge is 0.361 e. The Bertz CT molecular complexity index is 949. The van der Waals surface area contributed by atoms with Crippen molar-refractivity contribution in [3.63, 3.8) is 0 Å². The zero-order chi connectivity index (χ0) is 20.3. The third-order valence-corrected chi connectivity index (χ3v) is 6.56. The summed E-state index contributed by atoms with van der Waals surface area (Å²) in [5, 5.41) is 19.3. The molecule has 0 bridgehead atoms. The molecular weight excluding hydrogens is 378 g/mol. The highest BCUT2D eigenvalue weighted by Gasteiger charge is 2.34. The smallest absolute Gasteiger partial charge is 0.176 e. The van der Waals surface area contributed by atoms with Crippen molar-refractivity contribution in [1.82, 2.24) is 35.8 Å². The molecule has 2 fully saturated rings. The first kappa shape index (κ1) is 19.4. The fourth-order valence-electron chi connectivity index (χ4n) is 4.70. The maximum atomic E-state index is 5.43. The van der Waals surface area contributed by atoms with Gasteiger partial charge in [-0.15, -0.1) is 5.10 Å². The summed E-state index contributed by atoms with van der Waals surface area (Å²) in [4.78, 5) is 0. The van der Waals surface area contributed by atoms with Crippen molar-refractivity contribution >= 4 is 0 Å². The Hall–Kier alpha value is -2.58. The summed E-state index contributed by atoms with van der Waals surface area (Å²) >= 11 is 0. The van der Waals surface area contributed by atoms with Crippen LogP contribution in [-0.2, 0) is 6.54 Å². The lowest BCUT2D eigenvalue weighted by Crippen LogP contribution is -2.44.